The Kier molecular flexibility index (Phi) is 5.71. The lowest BCUT2D eigenvalue weighted by Gasteiger charge is -2.43. The highest BCUT2D eigenvalue weighted by atomic mass is 32.2. The molecule has 3 N–H and O–H groups in total. The lowest BCUT2D eigenvalue weighted by atomic mass is 10.0. The van der Waals surface area contributed by atoms with Crippen LogP contribution in [0.1, 0.15) is 74.5 Å². The fourth-order valence-corrected chi connectivity index (χ4v) is 6.53. The summed E-state index contributed by atoms with van der Waals surface area (Å²) >= 11 is 0. The highest BCUT2D eigenvalue weighted by Gasteiger charge is 2.41. The Morgan fingerprint density at radius 2 is 1.79 bits per heavy atom. The van der Waals surface area contributed by atoms with Crippen molar-refractivity contribution < 1.29 is 17.7 Å². The van der Waals surface area contributed by atoms with Crippen LogP contribution in [0.25, 0.3) is 0 Å². The predicted octanol–water partition coefficient (Wildman–Crippen LogP) is 1.19. The second kappa shape index (κ2) is 7.98. The van der Waals surface area contributed by atoms with E-state index in [2.05, 4.69) is 10.5 Å². The molecule has 4 atom stereocenters. The van der Waals surface area contributed by atoms with Gasteiger partial charge in [0.1, 0.15) is 5.76 Å². The van der Waals surface area contributed by atoms with E-state index in [1.165, 1.54) is 0 Å². The zero-order chi connectivity index (χ0) is 20.8. The van der Waals surface area contributed by atoms with Gasteiger partial charge in [0.05, 0.1) is 0 Å². The first-order valence-corrected chi connectivity index (χ1v) is 12.0. The number of hydrogen-bond donors (Lipinski definition) is 2. The lowest BCUT2D eigenvalue weighted by Crippen LogP contribution is -2.58. The Bertz CT molecular complexity index is 853. The smallest absolute Gasteiger partial charge is 0.282 e. The van der Waals surface area contributed by atoms with Crippen molar-refractivity contribution in [2.75, 3.05) is 13.1 Å². The van der Waals surface area contributed by atoms with Gasteiger partial charge < -0.3 is 15.6 Å². The van der Waals surface area contributed by atoms with Crippen molar-refractivity contribution in [2.24, 2.45) is 5.73 Å². The van der Waals surface area contributed by atoms with Gasteiger partial charge in [-0.15, -0.1) is 0 Å². The van der Waals surface area contributed by atoms with Gasteiger partial charge in [-0.3, -0.25) is 4.79 Å². The Morgan fingerprint density at radius 3 is 2.41 bits per heavy atom. The molecule has 3 heterocycles. The van der Waals surface area contributed by atoms with Crippen molar-refractivity contribution >= 4 is 16.1 Å². The van der Waals surface area contributed by atoms with Crippen molar-refractivity contribution in [1.29, 1.82) is 0 Å². The highest BCUT2D eigenvalue weighted by Crippen LogP contribution is 2.40. The maximum atomic E-state index is 13.2. The molecule has 162 valence electrons. The first-order chi connectivity index (χ1) is 13.8. The van der Waals surface area contributed by atoms with E-state index in [1.807, 2.05) is 13.8 Å². The van der Waals surface area contributed by atoms with E-state index < -0.39 is 10.2 Å². The summed E-state index contributed by atoms with van der Waals surface area (Å²) in [4.78, 5) is 12.5. The third-order valence-electron chi connectivity index (χ3n) is 6.34. The number of aromatic nitrogens is 1. The number of piperidine rings is 2. The third-order valence-corrected chi connectivity index (χ3v) is 8.61. The molecule has 0 spiro atoms. The van der Waals surface area contributed by atoms with Crippen LogP contribution < -0.4 is 11.1 Å². The number of carbonyl (C=O) groups excluding carboxylic acids is 1. The number of amides is 1. The largest absolute Gasteiger partial charge is 0.360 e. The summed E-state index contributed by atoms with van der Waals surface area (Å²) in [5, 5.41) is 6.87. The molecule has 10 heteroatoms. The zero-order valence-corrected chi connectivity index (χ0v) is 17.9. The highest BCUT2D eigenvalue weighted by molar-refractivity contribution is 7.86. The van der Waals surface area contributed by atoms with Gasteiger partial charge in [-0.2, -0.15) is 17.0 Å². The maximum absolute atomic E-state index is 13.2. The van der Waals surface area contributed by atoms with Crippen LogP contribution in [-0.4, -0.2) is 65.3 Å². The molecule has 2 saturated heterocycles. The molecule has 3 aliphatic rings. The van der Waals surface area contributed by atoms with Crippen LogP contribution in [0.4, 0.5) is 0 Å². The zero-order valence-electron chi connectivity index (χ0n) is 17.1. The van der Waals surface area contributed by atoms with Crippen molar-refractivity contribution in [1.82, 2.24) is 19.1 Å². The van der Waals surface area contributed by atoms with Crippen LogP contribution in [-0.2, 0) is 10.2 Å². The maximum Gasteiger partial charge on any atom is 0.282 e. The fourth-order valence-electron chi connectivity index (χ4n) is 4.50. The quantitative estimate of drug-likeness (QED) is 0.731. The number of nitrogens with one attached hydrogen (secondary N) is 1. The number of nitrogens with zero attached hydrogens (tertiary/aromatic N) is 3. The van der Waals surface area contributed by atoms with Crippen LogP contribution in [0, 0.1) is 0 Å². The van der Waals surface area contributed by atoms with Crippen LogP contribution in [0.3, 0.4) is 0 Å². The molecule has 1 aliphatic carbocycles. The first-order valence-electron chi connectivity index (χ1n) is 10.6. The molecule has 3 fully saturated rings. The average molecular weight is 426 g/mol. The minimum atomic E-state index is -3.54. The molecule has 1 saturated carbocycles. The van der Waals surface area contributed by atoms with Crippen LogP contribution >= 0.6 is 0 Å². The molecule has 0 bridgehead atoms. The van der Waals surface area contributed by atoms with Crippen molar-refractivity contribution in [3.63, 3.8) is 0 Å². The summed E-state index contributed by atoms with van der Waals surface area (Å²) in [6, 6.07) is 1.41. The summed E-state index contributed by atoms with van der Waals surface area (Å²) in [7, 11) is -3.54. The normalized spacial score (nSPS) is 32.2. The van der Waals surface area contributed by atoms with Gasteiger partial charge in [0.2, 0.25) is 0 Å². The van der Waals surface area contributed by atoms with Gasteiger partial charge in [0.15, 0.2) is 5.69 Å². The number of carbonyl (C=O) groups is 1. The number of rotatable bonds is 5. The summed E-state index contributed by atoms with van der Waals surface area (Å²) in [5.74, 6) is 0.928. The number of nitrogens with two attached hydrogens (primary N) is 1. The Morgan fingerprint density at radius 1 is 1.14 bits per heavy atom. The summed E-state index contributed by atoms with van der Waals surface area (Å²) in [6.07, 6.45) is 4.68. The molecule has 4 rings (SSSR count). The molecule has 9 nitrogen and oxygen atoms in total. The van der Waals surface area contributed by atoms with Crippen molar-refractivity contribution in [3.8, 4) is 0 Å². The molecule has 2 aliphatic heterocycles. The van der Waals surface area contributed by atoms with E-state index in [0.29, 0.717) is 50.4 Å². The monoisotopic (exact) mass is 425 g/mol. The Hall–Kier alpha value is -1.49. The summed E-state index contributed by atoms with van der Waals surface area (Å²) in [5.41, 5.74) is 6.28. The fraction of sp³-hybridized carbons (Fsp3) is 0.789. The predicted molar refractivity (Wildman–Crippen MR) is 107 cm³/mol. The molecule has 29 heavy (non-hydrogen) atoms. The minimum Gasteiger partial charge on any atom is -0.360 e. The van der Waals surface area contributed by atoms with Crippen molar-refractivity contribution in [2.45, 2.75) is 82.5 Å². The van der Waals surface area contributed by atoms with E-state index in [-0.39, 0.29) is 30.1 Å². The summed E-state index contributed by atoms with van der Waals surface area (Å²) in [6.45, 7) is 4.67. The van der Waals surface area contributed by atoms with E-state index in [4.69, 9.17) is 10.3 Å². The topological polar surface area (TPSA) is 122 Å². The molecule has 2 unspecified atom stereocenters. The van der Waals surface area contributed by atoms with Gasteiger partial charge in [0, 0.05) is 49.2 Å². The van der Waals surface area contributed by atoms with Gasteiger partial charge in [-0.1, -0.05) is 5.16 Å². The molecule has 0 radical (unpaired) electrons. The standard InChI is InChI=1S/C19H31N5O4S/c1-12-9-15(20)5-7-23(12)29(26,27)24-8-6-16(10-13(24)2)21-19(25)17-11-18(28-22-17)14-3-4-14/h11-16H,3-10,20H2,1-2H3,(H,21,25)/t12?,13-,15?,16-/m0/s1. The van der Waals surface area contributed by atoms with Crippen molar-refractivity contribution in [3.05, 3.63) is 17.5 Å². The van der Waals surface area contributed by atoms with E-state index in [1.54, 1.807) is 14.7 Å². The Balaban J connectivity index is 1.35. The Labute approximate surface area is 172 Å². The SMILES string of the molecule is CC1CC(N)CCN1S(=O)(=O)N1CC[C@H](NC(=O)c2cc(C3CC3)on2)C[C@@H]1C. The third kappa shape index (κ3) is 4.35. The first kappa shape index (κ1) is 20.8. The van der Waals surface area contributed by atoms with Gasteiger partial charge in [0.25, 0.3) is 16.1 Å². The van der Waals surface area contributed by atoms with Gasteiger partial charge >= 0.3 is 0 Å². The molecule has 0 aromatic carbocycles. The second-order valence-electron chi connectivity index (χ2n) is 8.80. The van der Waals surface area contributed by atoms with E-state index in [9.17, 15) is 13.2 Å². The van der Waals surface area contributed by atoms with Gasteiger partial charge in [-0.25, -0.2) is 0 Å². The molecule has 1 aromatic rings. The van der Waals surface area contributed by atoms with E-state index in [0.717, 1.165) is 18.6 Å². The van der Waals surface area contributed by atoms with Crippen LogP contribution in [0.5, 0.6) is 0 Å². The molecule has 1 aromatic heterocycles. The van der Waals surface area contributed by atoms with Crippen LogP contribution in [0.2, 0.25) is 0 Å². The number of hydrogen-bond acceptors (Lipinski definition) is 6. The average Bonchev–Trinajstić information content (AvgIpc) is 3.37. The van der Waals surface area contributed by atoms with E-state index >= 15 is 0 Å². The molecular formula is C19H31N5O4S. The minimum absolute atomic E-state index is 0.0618. The second-order valence-corrected chi connectivity index (χ2v) is 10.6. The molecule has 1 amide bonds. The lowest BCUT2D eigenvalue weighted by molar-refractivity contribution is 0.0902. The van der Waals surface area contributed by atoms with Crippen LogP contribution in [0.15, 0.2) is 10.6 Å². The molecular weight excluding hydrogens is 394 g/mol. The van der Waals surface area contributed by atoms with Gasteiger partial charge in [-0.05, 0) is 52.4 Å². The summed E-state index contributed by atoms with van der Waals surface area (Å²) < 4.78 is 34.8.